The zero-order valence-electron chi connectivity index (χ0n) is 12.8. The molecule has 118 valence electrons. The molecule has 21 heavy (non-hydrogen) atoms. The fourth-order valence-electron chi connectivity index (χ4n) is 3.47. The Morgan fingerprint density at radius 1 is 1.33 bits per heavy atom. The first-order valence-corrected chi connectivity index (χ1v) is 7.50. The largest absolute Gasteiger partial charge is 0.361 e. The SMILES string of the molecule is Cc1noc(C)c1CC(=O)N1CCC2(CCNC2)CC1.Cl. The number of nitrogens with zero attached hydrogens (tertiary/aromatic N) is 2. The van der Waals surface area contributed by atoms with Crippen molar-refractivity contribution in [1.29, 1.82) is 0 Å². The average Bonchev–Trinajstić information content (AvgIpc) is 3.02. The first-order valence-electron chi connectivity index (χ1n) is 7.50. The fourth-order valence-corrected chi connectivity index (χ4v) is 3.47. The summed E-state index contributed by atoms with van der Waals surface area (Å²) in [5, 5.41) is 7.37. The van der Waals surface area contributed by atoms with Crippen molar-refractivity contribution in [2.75, 3.05) is 26.2 Å². The van der Waals surface area contributed by atoms with Crippen molar-refractivity contribution in [1.82, 2.24) is 15.4 Å². The topological polar surface area (TPSA) is 58.4 Å². The zero-order valence-corrected chi connectivity index (χ0v) is 13.6. The molecular formula is C15H24ClN3O2. The number of hydrogen-bond acceptors (Lipinski definition) is 4. The number of aromatic nitrogens is 1. The molecule has 0 bridgehead atoms. The molecule has 2 aliphatic heterocycles. The summed E-state index contributed by atoms with van der Waals surface area (Å²) in [5.74, 6) is 0.976. The van der Waals surface area contributed by atoms with Gasteiger partial charge in [0.2, 0.25) is 5.91 Å². The summed E-state index contributed by atoms with van der Waals surface area (Å²) in [7, 11) is 0. The van der Waals surface area contributed by atoms with Gasteiger partial charge in [-0.15, -0.1) is 12.4 Å². The number of carbonyl (C=O) groups excluding carboxylic acids is 1. The van der Waals surface area contributed by atoms with E-state index in [0.717, 1.165) is 56.0 Å². The van der Waals surface area contributed by atoms with Crippen molar-refractivity contribution in [2.24, 2.45) is 5.41 Å². The number of rotatable bonds is 2. The second-order valence-corrected chi connectivity index (χ2v) is 6.29. The number of halogens is 1. The molecule has 6 heteroatoms. The summed E-state index contributed by atoms with van der Waals surface area (Å²) in [5.41, 5.74) is 2.25. The minimum Gasteiger partial charge on any atom is -0.361 e. The minimum atomic E-state index is 0. The van der Waals surface area contributed by atoms with E-state index in [-0.39, 0.29) is 18.3 Å². The molecule has 5 nitrogen and oxygen atoms in total. The second kappa shape index (κ2) is 6.36. The third-order valence-corrected chi connectivity index (χ3v) is 5.02. The van der Waals surface area contributed by atoms with Gasteiger partial charge in [0.1, 0.15) is 5.76 Å². The Kier molecular flexibility index (Phi) is 4.94. The normalized spacial score (nSPS) is 20.6. The first kappa shape index (κ1) is 16.3. The Morgan fingerprint density at radius 2 is 2.05 bits per heavy atom. The van der Waals surface area contributed by atoms with Crippen molar-refractivity contribution in [3.63, 3.8) is 0 Å². The second-order valence-electron chi connectivity index (χ2n) is 6.29. The quantitative estimate of drug-likeness (QED) is 0.905. The van der Waals surface area contributed by atoms with E-state index in [1.807, 2.05) is 18.7 Å². The molecule has 1 aromatic heterocycles. The van der Waals surface area contributed by atoms with Crippen LogP contribution in [0.1, 0.15) is 36.3 Å². The third-order valence-electron chi connectivity index (χ3n) is 5.02. The van der Waals surface area contributed by atoms with Crippen LogP contribution in [0.4, 0.5) is 0 Å². The van der Waals surface area contributed by atoms with Gasteiger partial charge in [-0.2, -0.15) is 0 Å². The van der Waals surface area contributed by atoms with Crippen LogP contribution in [0.25, 0.3) is 0 Å². The van der Waals surface area contributed by atoms with Gasteiger partial charge in [0.15, 0.2) is 0 Å². The minimum absolute atomic E-state index is 0. The number of hydrogen-bond donors (Lipinski definition) is 1. The van der Waals surface area contributed by atoms with Crippen LogP contribution in [0.3, 0.4) is 0 Å². The lowest BCUT2D eigenvalue weighted by Crippen LogP contribution is -2.44. The van der Waals surface area contributed by atoms with Gasteiger partial charge >= 0.3 is 0 Å². The fraction of sp³-hybridized carbons (Fsp3) is 0.733. The highest BCUT2D eigenvalue weighted by molar-refractivity contribution is 5.85. The molecule has 3 rings (SSSR count). The number of likely N-dealkylation sites (tertiary alicyclic amines) is 1. The lowest BCUT2D eigenvalue weighted by molar-refractivity contribution is -0.132. The van der Waals surface area contributed by atoms with Gasteiger partial charge in [-0.05, 0) is 45.1 Å². The predicted molar refractivity (Wildman–Crippen MR) is 82.7 cm³/mol. The number of amides is 1. The highest BCUT2D eigenvalue weighted by Crippen LogP contribution is 2.37. The molecule has 3 heterocycles. The summed E-state index contributed by atoms with van der Waals surface area (Å²) < 4.78 is 5.13. The van der Waals surface area contributed by atoms with E-state index in [2.05, 4.69) is 10.5 Å². The number of aryl methyl sites for hydroxylation is 2. The van der Waals surface area contributed by atoms with Crippen molar-refractivity contribution >= 4 is 18.3 Å². The van der Waals surface area contributed by atoms with Crippen molar-refractivity contribution in [3.05, 3.63) is 17.0 Å². The van der Waals surface area contributed by atoms with E-state index < -0.39 is 0 Å². The lowest BCUT2D eigenvalue weighted by Gasteiger charge is -2.39. The van der Waals surface area contributed by atoms with E-state index in [9.17, 15) is 4.79 Å². The highest BCUT2D eigenvalue weighted by Gasteiger charge is 2.38. The molecule has 0 aliphatic carbocycles. The average molecular weight is 314 g/mol. The number of carbonyl (C=O) groups is 1. The van der Waals surface area contributed by atoms with Gasteiger partial charge in [-0.25, -0.2) is 0 Å². The Hall–Kier alpha value is -1.07. The predicted octanol–water partition coefficient (Wildman–Crippen LogP) is 1.86. The van der Waals surface area contributed by atoms with E-state index >= 15 is 0 Å². The molecule has 1 N–H and O–H groups in total. The standard InChI is InChI=1S/C15H23N3O2.ClH/c1-11-13(12(2)20-17-11)9-14(19)18-7-4-15(5-8-18)3-6-16-10-15;/h16H,3-10H2,1-2H3;1H. The molecule has 0 radical (unpaired) electrons. The summed E-state index contributed by atoms with van der Waals surface area (Å²) >= 11 is 0. The summed E-state index contributed by atoms with van der Waals surface area (Å²) in [6, 6.07) is 0. The summed E-state index contributed by atoms with van der Waals surface area (Å²) in [4.78, 5) is 14.4. The third kappa shape index (κ3) is 3.24. The molecule has 0 aromatic carbocycles. The maximum atomic E-state index is 12.4. The van der Waals surface area contributed by atoms with Gasteiger partial charge in [-0.3, -0.25) is 4.79 Å². The highest BCUT2D eigenvalue weighted by atomic mass is 35.5. The van der Waals surface area contributed by atoms with Gasteiger partial charge < -0.3 is 14.7 Å². The Labute approximate surface area is 131 Å². The van der Waals surface area contributed by atoms with Crippen LogP contribution in [0.15, 0.2) is 4.52 Å². The van der Waals surface area contributed by atoms with Gasteiger partial charge in [-0.1, -0.05) is 5.16 Å². The molecule has 0 unspecified atom stereocenters. The number of piperidine rings is 1. The van der Waals surface area contributed by atoms with Crippen LogP contribution in [-0.2, 0) is 11.2 Å². The molecule has 1 spiro atoms. The smallest absolute Gasteiger partial charge is 0.227 e. The molecule has 0 saturated carbocycles. The zero-order chi connectivity index (χ0) is 14.2. The van der Waals surface area contributed by atoms with Crippen molar-refractivity contribution in [3.8, 4) is 0 Å². The van der Waals surface area contributed by atoms with E-state index in [4.69, 9.17) is 4.52 Å². The van der Waals surface area contributed by atoms with E-state index in [1.165, 1.54) is 6.42 Å². The molecule has 1 aromatic rings. The number of nitrogens with one attached hydrogen (secondary N) is 1. The van der Waals surface area contributed by atoms with Crippen molar-refractivity contribution in [2.45, 2.75) is 39.5 Å². The lowest BCUT2D eigenvalue weighted by atomic mass is 9.78. The Bertz CT molecular complexity index is 480. The van der Waals surface area contributed by atoms with E-state index in [0.29, 0.717) is 11.8 Å². The monoisotopic (exact) mass is 313 g/mol. The van der Waals surface area contributed by atoms with Gasteiger partial charge in [0, 0.05) is 25.2 Å². The van der Waals surface area contributed by atoms with Crippen molar-refractivity contribution < 1.29 is 9.32 Å². The molecule has 2 fully saturated rings. The van der Waals surface area contributed by atoms with E-state index in [1.54, 1.807) is 0 Å². The molecule has 0 atom stereocenters. The van der Waals surface area contributed by atoms with Crippen LogP contribution in [0.5, 0.6) is 0 Å². The summed E-state index contributed by atoms with van der Waals surface area (Å²) in [6.07, 6.45) is 3.95. The van der Waals surface area contributed by atoms with Crippen LogP contribution < -0.4 is 5.32 Å². The molecule has 1 amide bonds. The molecular weight excluding hydrogens is 290 g/mol. The first-order chi connectivity index (χ1) is 9.60. The van der Waals surface area contributed by atoms with Crippen LogP contribution >= 0.6 is 12.4 Å². The molecule has 2 aliphatic rings. The summed E-state index contributed by atoms with van der Waals surface area (Å²) in [6.45, 7) is 7.81. The van der Waals surface area contributed by atoms with Crippen LogP contribution in [0, 0.1) is 19.3 Å². The maximum absolute atomic E-state index is 12.4. The van der Waals surface area contributed by atoms with Gasteiger partial charge in [0.25, 0.3) is 0 Å². The molecule has 2 saturated heterocycles. The maximum Gasteiger partial charge on any atom is 0.227 e. The Morgan fingerprint density at radius 3 is 2.57 bits per heavy atom. The Balaban J connectivity index is 0.00000161. The van der Waals surface area contributed by atoms with Gasteiger partial charge in [0.05, 0.1) is 12.1 Å². The van der Waals surface area contributed by atoms with Crippen LogP contribution in [-0.4, -0.2) is 42.1 Å². The van der Waals surface area contributed by atoms with Crippen LogP contribution in [0.2, 0.25) is 0 Å².